The minimum atomic E-state index is -0.346. The number of aromatic nitrogens is 5. The van der Waals surface area contributed by atoms with Gasteiger partial charge in [0, 0.05) is 23.0 Å². The molecule has 0 saturated carbocycles. The van der Waals surface area contributed by atoms with Crippen LogP contribution < -0.4 is 0 Å². The van der Waals surface area contributed by atoms with Gasteiger partial charge in [0.15, 0.2) is 11.0 Å². The molecule has 0 radical (unpaired) electrons. The molecule has 2 aromatic heterocycles. The Balaban J connectivity index is 1.78. The van der Waals surface area contributed by atoms with Crippen molar-refractivity contribution in [1.82, 2.24) is 24.4 Å². The summed E-state index contributed by atoms with van der Waals surface area (Å²) in [6, 6.07) is 14.5. The first-order valence-electron chi connectivity index (χ1n) is 8.00. The highest BCUT2D eigenvalue weighted by atomic mass is 35.5. The highest BCUT2D eigenvalue weighted by Crippen LogP contribution is 2.32. The van der Waals surface area contributed by atoms with Gasteiger partial charge in [-0.15, -0.1) is 15.3 Å². The van der Waals surface area contributed by atoms with Crippen LogP contribution in [-0.4, -0.2) is 24.4 Å². The third-order valence-corrected chi connectivity index (χ3v) is 5.81. The lowest BCUT2D eigenvalue weighted by Gasteiger charge is -2.11. The van der Waals surface area contributed by atoms with Crippen molar-refractivity contribution in [3.05, 3.63) is 69.9 Å². The van der Waals surface area contributed by atoms with Crippen molar-refractivity contribution in [2.75, 3.05) is 0 Å². The second-order valence-corrected chi connectivity index (χ2v) is 8.04. The molecule has 136 valence electrons. The van der Waals surface area contributed by atoms with Crippen LogP contribution in [0.15, 0.2) is 53.7 Å². The van der Waals surface area contributed by atoms with Crippen LogP contribution in [0.5, 0.6) is 0 Å². The van der Waals surface area contributed by atoms with Gasteiger partial charge in [0.1, 0.15) is 15.8 Å². The minimum absolute atomic E-state index is 0.346. The summed E-state index contributed by atoms with van der Waals surface area (Å²) in [4.78, 5) is 0. The van der Waals surface area contributed by atoms with E-state index in [4.69, 9.17) is 11.6 Å². The van der Waals surface area contributed by atoms with Gasteiger partial charge in [-0.1, -0.05) is 57.7 Å². The number of benzene rings is 2. The lowest BCUT2D eigenvalue weighted by molar-refractivity contribution is 0.629. The Morgan fingerprint density at radius 1 is 1.07 bits per heavy atom. The largest absolute Gasteiger partial charge is 0.270 e. The number of halogens is 2. The van der Waals surface area contributed by atoms with Crippen molar-refractivity contribution in [1.29, 1.82) is 0 Å². The maximum Gasteiger partial charge on any atom is 0.196 e. The van der Waals surface area contributed by atoms with Gasteiger partial charge in [-0.25, -0.2) is 4.39 Å². The summed E-state index contributed by atoms with van der Waals surface area (Å²) in [5.41, 5.74) is 3.07. The third kappa shape index (κ3) is 3.73. The monoisotopic (exact) mass is 417 g/mol. The number of rotatable bonds is 5. The quantitative estimate of drug-likeness (QED) is 0.419. The predicted molar refractivity (Wildman–Crippen MR) is 106 cm³/mol. The van der Waals surface area contributed by atoms with Crippen molar-refractivity contribution in [3.8, 4) is 17.1 Å². The fourth-order valence-corrected chi connectivity index (χ4v) is 4.21. The Hall–Kier alpha value is -2.29. The first-order chi connectivity index (χ1) is 13.1. The highest BCUT2D eigenvalue weighted by molar-refractivity contribution is 7.98. The van der Waals surface area contributed by atoms with Crippen LogP contribution in [0.25, 0.3) is 17.1 Å². The normalized spacial score (nSPS) is 11.1. The van der Waals surface area contributed by atoms with Gasteiger partial charge >= 0.3 is 0 Å². The molecule has 0 aliphatic rings. The lowest BCUT2D eigenvalue weighted by atomic mass is 10.2. The summed E-state index contributed by atoms with van der Waals surface area (Å²) < 4.78 is 20.6. The molecule has 2 aromatic carbocycles. The molecular formula is C18H13ClFN5S2. The maximum atomic E-state index is 14.4. The summed E-state index contributed by atoms with van der Waals surface area (Å²) in [5, 5.41) is 13.2. The first kappa shape index (κ1) is 18.1. The molecule has 0 atom stereocenters. The molecule has 0 bridgehead atoms. The molecular weight excluding hydrogens is 405 g/mol. The zero-order valence-corrected chi connectivity index (χ0v) is 16.5. The molecule has 0 aliphatic carbocycles. The van der Waals surface area contributed by atoms with E-state index in [0.29, 0.717) is 32.3 Å². The zero-order valence-electron chi connectivity index (χ0n) is 14.1. The van der Waals surface area contributed by atoms with E-state index >= 15 is 0 Å². The third-order valence-electron chi connectivity index (χ3n) is 3.89. The maximum absolute atomic E-state index is 14.4. The Morgan fingerprint density at radius 2 is 1.85 bits per heavy atom. The number of aryl methyl sites for hydroxylation is 1. The molecule has 0 aliphatic heterocycles. The van der Waals surface area contributed by atoms with Gasteiger partial charge in [0.2, 0.25) is 0 Å². The van der Waals surface area contributed by atoms with Crippen LogP contribution in [0.3, 0.4) is 0 Å². The average molecular weight is 418 g/mol. The van der Waals surface area contributed by atoms with Crippen LogP contribution >= 0.6 is 34.9 Å². The summed E-state index contributed by atoms with van der Waals surface area (Å²) in [5.74, 6) is 0.597. The van der Waals surface area contributed by atoms with Crippen molar-refractivity contribution >= 4 is 34.9 Å². The summed E-state index contributed by atoms with van der Waals surface area (Å²) >= 11 is 8.66. The predicted octanol–water partition coefficient (Wildman–Crippen LogP) is 5.18. The molecule has 0 amide bonds. The van der Waals surface area contributed by atoms with E-state index in [9.17, 15) is 4.39 Å². The molecule has 2 heterocycles. The van der Waals surface area contributed by atoms with E-state index in [2.05, 4.69) is 19.8 Å². The van der Waals surface area contributed by atoms with Crippen molar-refractivity contribution in [3.63, 3.8) is 0 Å². The molecule has 4 rings (SSSR count). The second-order valence-electron chi connectivity index (χ2n) is 5.74. The van der Waals surface area contributed by atoms with Gasteiger partial charge < -0.3 is 0 Å². The van der Waals surface area contributed by atoms with Gasteiger partial charge in [0.05, 0.1) is 5.56 Å². The average Bonchev–Trinajstić information content (AvgIpc) is 3.27. The topological polar surface area (TPSA) is 56.5 Å². The van der Waals surface area contributed by atoms with Crippen LogP contribution in [-0.2, 0) is 5.75 Å². The summed E-state index contributed by atoms with van der Waals surface area (Å²) in [6.45, 7) is 2.01. The van der Waals surface area contributed by atoms with Crippen molar-refractivity contribution < 1.29 is 4.39 Å². The number of hydrogen-bond donors (Lipinski definition) is 0. The van der Waals surface area contributed by atoms with Crippen LogP contribution in [0, 0.1) is 12.7 Å². The summed E-state index contributed by atoms with van der Waals surface area (Å²) in [6.07, 6.45) is 0. The Morgan fingerprint density at radius 3 is 2.56 bits per heavy atom. The van der Waals surface area contributed by atoms with E-state index in [-0.39, 0.29) is 5.82 Å². The van der Waals surface area contributed by atoms with Crippen LogP contribution in [0.1, 0.15) is 11.3 Å². The van der Waals surface area contributed by atoms with E-state index < -0.39 is 0 Å². The van der Waals surface area contributed by atoms with E-state index in [1.54, 1.807) is 18.2 Å². The van der Waals surface area contributed by atoms with Gasteiger partial charge in [-0.3, -0.25) is 4.57 Å². The lowest BCUT2D eigenvalue weighted by Crippen LogP contribution is -2.01. The SMILES string of the molecule is Cc1ccc(-n2c(SCc3nnsc3Cl)nnc2-c2ccccc2F)cc1. The number of nitrogens with zero attached hydrogens (tertiary/aromatic N) is 5. The van der Waals surface area contributed by atoms with Gasteiger partial charge in [-0.05, 0) is 31.2 Å². The standard InChI is InChI=1S/C18H13ClFN5S2/c1-11-6-8-12(9-7-11)25-17(13-4-2-3-5-14(13)20)22-23-18(25)26-10-15-16(19)27-24-21-15/h2-9H,10H2,1H3. The Labute approximate surface area is 168 Å². The second kappa shape index (κ2) is 7.75. The fraction of sp³-hybridized carbons (Fsp3) is 0.111. The van der Waals surface area contributed by atoms with Crippen molar-refractivity contribution in [2.45, 2.75) is 17.8 Å². The van der Waals surface area contributed by atoms with Crippen molar-refractivity contribution in [2.24, 2.45) is 0 Å². The Bertz CT molecular complexity index is 1080. The van der Waals surface area contributed by atoms with Crippen LogP contribution in [0.4, 0.5) is 4.39 Å². The summed E-state index contributed by atoms with van der Waals surface area (Å²) in [7, 11) is 0. The molecule has 0 fully saturated rings. The van der Waals surface area contributed by atoms with E-state index in [0.717, 1.165) is 22.8 Å². The Kier molecular flexibility index (Phi) is 5.20. The number of hydrogen-bond acceptors (Lipinski definition) is 6. The van der Waals surface area contributed by atoms with Gasteiger partial charge in [-0.2, -0.15) is 0 Å². The van der Waals surface area contributed by atoms with Crippen LogP contribution in [0.2, 0.25) is 4.34 Å². The molecule has 0 unspecified atom stereocenters. The van der Waals surface area contributed by atoms with Gasteiger partial charge in [0.25, 0.3) is 0 Å². The van der Waals surface area contributed by atoms with E-state index in [1.165, 1.54) is 17.8 Å². The molecule has 5 nitrogen and oxygen atoms in total. The fourth-order valence-electron chi connectivity index (χ4n) is 2.52. The van der Waals surface area contributed by atoms with E-state index in [1.807, 2.05) is 35.8 Å². The zero-order chi connectivity index (χ0) is 18.8. The molecule has 0 spiro atoms. The first-order valence-corrected chi connectivity index (χ1v) is 10.1. The molecule has 0 N–H and O–H groups in total. The molecule has 27 heavy (non-hydrogen) atoms. The molecule has 4 aromatic rings. The highest BCUT2D eigenvalue weighted by Gasteiger charge is 2.19. The minimum Gasteiger partial charge on any atom is -0.270 e. The smallest absolute Gasteiger partial charge is 0.196 e. The number of thioether (sulfide) groups is 1. The molecule has 0 saturated heterocycles. The molecule has 9 heteroatoms.